The molecular weight excluding hydrogens is 370 g/mol. The van der Waals surface area contributed by atoms with Gasteiger partial charge in [0.25, 0.3) is 5.91 Å². The average molecular weight is 395 g/mol. The molecule has 1 amide bonds. The second kappa shape index (κ2) is 8.68. The molecule has 29 heavy (non-hydrogen) atoms. The molecule has 0 radical (unpaired) electrons. The summed E-state index contributed by atoms with van der Waals surface area (Å²) in [5, 5.41) is 7.31. The molecule has 0 aliphatic carbocycles. The van der Waals surface area contributed by atoms with Crippen molar-refractivity contribution in [1.29, 1.82) is 0 Å². The van der Waals surface area contributed by atoms with Gasteiger partial charge in [0.05, 0.1) is 56.6 Å². The number of hydrogen-bond acceptors (Lipinski definition) is 5. The van der Waals surface area contributed by atoms with Crippen LogP contribution in [0.1, 0.15) is 27.2 Å². The molecule has 0 saturated heterocycles. The zero-order valence-corrected chi connectivity index (χ0v) is 17.3. The molecule has 3 rings (SSSR count). The third kappa shape index (κ3) is 4.18. The predicted molar refractivity (Wildman–Crippen MR) is 110 cm³/mol. The number of nitrogens with one attached hydrogen (secondary N) is 1. The molecule has 0 aliphatic heterocycles. The van der Waals surface area contributed by atoms with Gasteiger partial charge in [-0.2, -0.15) is 5.10 Å². The van der Waals surface area contributed by atoms with E-state index in [0.717, 1.165) is 22.5 Å². The van der Waals surface area contributed by atoms with E-state index in [-0.39, 0.29) is 12.5 Å². The Bertz CT molecular complexity index is 1000. The van der Waals surface area contributed by atoms with Gasteiger partial charge < -0.3 is 19.5 Å². The highest BCUT2D eigenvalue weighted by atomic mass is 16.5. The van der Waals surface area contributed by atoms with Crippen molar-refractivity contribution in [2.75, 3.05) is 21.3 Å². The second-order valence-corrected chi connectivity index (χ2v) is 6.59. The lowest BCUT2D eigenvalue weighted by molar-refractivity contribution is 0.0950. The van der Waals surface area contributed by atoms with Crippen molar-refractivity contribution in [1.82, 2.24) is 15.1 Å². The molecule has 1 N–H and O–H groups in total. The number of benzene rings is 2. The predicted octanol–water partition coefficient (Wildman–Crippen LogP) is 3.44. The lowest BCUT2D eigenvalue weighted by Gasteiger charge is -2.15. The van der Waals surface area contributed by atoms with Crippen molar-refractivity contribution < 1.29 is 19.0 Å². The number of methoxy groups -OCH3 is 3. The highest BCUT2D eigenvalue weighted by Crippen LogP contribution is 2.34. The van der Waals surface area contributed by atoms with E-state index in [1.54, 1.807) is 44.3 Å². The Labute approximate surface area is 170 Å². The molecule has 0 bridgehead atoms. The Hall–Kier alpha value is -3.48. The minimum absolute atomic E-state index is 0.221. The van der Waals surface area contributed by atoms with E-state index in [1.807, 2.05) is 38.1 Å². The van der Waals surface area contributed by atoms with E-state index in [2.05, 4.69) is 10.4 Å². The summed E-state index contributed by atoms with van der Waals surface area (Å²) in [6.45, 7) is 4.13. The van der Waals surface area contributed by atoms with Gasteiger partial charge in [-0.05, 0) is 31.5 Å². The van der Waals surface area contributed by atoms with E-state index >= 15 is 0 Å². The van der Waals surface area contributed by atoms with Crippen LogP contribution in [0.2, 0.25) is 0 Å². The topological polar surface area (TPSA) is 74.6 Å². The molecule has 0 unspecified atom stereocenters. The smallest absolute Gasteiger partial charge is 0.255 e. The minimum Gasteiger partial charge on any atom is -0.496 e. The number of carbonyl (C=O) groups is 1. The summed E-state index contributed by atoms with van der Waals surface area (Å²) in [6, 6.07) is 11.5. The highest BCUT2D eigenvalue weighted by molar-refractivity contribution is 5.95. The number of carbonyl (C=O) groups excluding carboxylic acids is 1. The van der Waals surface area contributed by atoms with Gasteiger partial charge in [0, 0.05) is 12.1 Å². The summed E-state index contributed by atoms with van der Waals surface area (Å²) in [4.78, 5) is 12.8. The lowest BCUT2D eigenvalue weighted by atomic mass is 10.1. The van der Waals surface area contributed by atoms with Crippen LogP contribution in [0.3, 0.4) is 0 Å². The maximum absolute atomic E-state index is 12.8. The van der Waals surface area contributed by atoms with Crippen LogP contribution >= 0.6 is 0 Å². The van der Waals surface area contributed by atoms with Crippen LogP contribution in [0.4, 0.5) is 0 Å². The molecule has 7 nitrogen and oxygen atoms in total. The molecule has 0 spiro atoms. The lowest BCUT2D eigenvalue weighted by Crippen LogP contribution is -2.24. The number of hydrogen-bond donors (Lipinski definition) is 1. The van der Waals surface area contributed by atoms with Gasteiger partial charge >= 0.3 is 0 Å². The SMILES string of the molecule is COc1cc(OC)c(CNC(=O)c2cnn(-c3cccc(C)c3)c2C)c(OC)c1. The highest BCUT2D eigenvalue weighted by Gasteiger charge is 2.18. The van der Waals surface area contributed by atoms with Crippen LogP contribution in [-0.2, 0) is 6.54 Å². The third-order valence-electron chi connectivity index (χ3n) is 4.74. The quantitative estimate of drug-likeness (QED) is 0.663. The van der Waals surface area contributed by atoms with Crippen molar-refractivity contribution in [2.24, 2.45) is 0 Å². The Balaban J connectivity index is 1.82. The summed E-state index contributed by atoms with van der Waals surface area (Å²) < 4.78 is 17.9. The van der Waals surface area contributed by atoms with Crippen LogP contribution in [0.5, 0.6) is 17.2 Å². The summed E-state index contributed by atoms with van der Waals surface area (Å²) in [6.07, 6.45) is 1.58. The van der Waals surface area contributed by atoms with Crippen molar-refractivity contribution in [3.05, 3.63) is 65.0 Å². The number of rotatable bonds is 7. The molecule has 1 aromatic heterocycles. The fourth-order valence-corrected chi connectivity index (χ4v) is 3.17. The number of amides is 1. The van der Waals surface area contributed by atoms with Crippen molar-refractivity contribution in [3.8, 4) is 22.9 Å². The normalized spacial score (nSPS) is 10.5. The van der Waals surface area contributed by atoms with Gasteiger partial charge in [-0.1, -0.05) is 12.1 Å². The maximum Gasteiger partial charge on any atom is 0.255 e. The third-order valence-corrected chi connectivity index (χ3v) is 4.74. The zero-order chi connectivity index (χ0) is 21.0. The van der Waals surface area contributed by atoms with Gasteiger partial charge in [-0.3, -0.25) is 4.79 Å². The second-order valence-electron chi connectivity index (χ2n) is 6.59. The number of aryl methyl sites for hydroxylation is 1. The maximum atomic E-state index is 12.8. The van der Waals surface area contributed by atoms with E-state index in [9.17, 15) is 4.79 Å². The van der Waals surface area contributed by atoms with E-state index in [0.29, 0.717) is 22.8 Å². The molecule has 1 heterocycles. The Kier molecular flexibility index (Phi) is 6.07. The molecule has 152 valence electrons. The van der Waals surface area contributed by atoms with Gasteiger partial charge in [-0.15, -0.1) is 0 Å². The number of aromatic nitrogens is 2. The van der Waals surface area contributed by atoms with E-state index in [4.69, 9.17) is 14.2 Å². The van der Waals surface area contributed by atoms with Crippen LogP contribution in [0.25, 0.3) is 5.69 Å². The van der Waals surface area contributed by atoms with E-state index < -0.39 is 0 Å². The summed E-state index contributed by atoms with van der Waals surface area (Å²) in [5.74, 6) is 1.55. The standard InChI is InChI=1S/C22H25N3O4/c1-14-7-6-8-16(9-14)25-15(2)18(13-24-25)22(26)23-12-19-20(28-4)10-17(27-3)11-21(19)29-5/h6-11,13H,12H2,1-5H3,(H,23,26). The number of ether oxygens (including phenoxy) is 3. The first-order valence-electron chi connectivity index (χ1n) is 9.17. The average Bonchev–Trinajstić information content (AvgIpc) is 3.12. The molecule has 0 saturated carbocycles. The first-order valence-corrected chi connectivity index (χ1v) is 9.17. The summed E-state index contributed by atoms with van der Waals surface area (Å²) in [7, 11) is 4.70. The summed E-state index contributed by atoms with van der Waals surface area (Å²) >= 11 is 0. The van der Waals surface area contributed by atoms with Crippen LogP contribution in [0.15, 0.2) is 42.6 Å². The van der Waals surface area contributed by atoms with Crippen molar-refractivity contribution in [3.63, 3.8) is 0 Å². The van der Waals surface area contributed by atoms with Crippen LogP contribution < -0.4 is 19.5 Å². The molecule has 0 atom stereocenters. The molecule has 2 aromatic carbocycles. The molecule has 3 aromatic rings. The van der Waals surface area contributed by atoms with Gasteiger partial charge in [0.15, 0.2) is 0 Å². The van der Waals surface area contributed by atoms with Crippen molar-refractivity contribution >= 4 is 5.91 Å². The first-order chi connectivity index (χ1) is 14.0. The Morgan fingerprint density at radius 1 is 1.03 bits per heavy atom. The fourth-order valence-electron chi connectivity index (χ4n) is 3.17. The fraction of sp³-hybridized carbons (Fsp3) is 0.273. The Morgan fingerprint density at radius 2 is 1.72 bits per heavy atom. The summed E-state index contributed by atoms with van der Waals surface area (Å²) in [5.41, 5.74) is 4.05. The minimum atomic E-state index is -0.221. The van der Waals surface area contributed by atoms with Gasteiger partial charge in [-0.25, -0.2) is 4.68 Å². The Morgan fingerprint density at radius 3 is 2.31 bits per heavy atom. The molecular formula is C22H25N3O4. The zero-order valence-electron chi connectivity index (χ0n) is 17.3. The monoisotopic (exact) mass is 395 g/mol. The number of nitrogens with zero attached hydrogens (tertiary/aromatic N) is 2. The molecule has 0 fully saturated rings. The van der Waals surface area contributed by atoms with Gasteiger partial charge in [0.2, 0.25) is 0 Å². The largest absolute Gasteiger partial charge is 0.496 e. The van der Waals surface area contributed by atoms with Crippen LogP contribution in [0, 0.1) is 13.8 Å². The van der Waals surface area contributed by atoms with Crippen LogP contribution in [-0.4, -0.2) is 37.0 Å². The van der Waals surface area contributed by atoms with Crippen molar-refractivity contribution in [2.45, 2.75) is 20.4 Å². The molecule has 0 aliphatic rings. The first kappa shape index (κ1) is 20.3. The molecule has 7 heteroatoms. The van der Waals surface area contributed by atoms with Gasteiger partial charge in [0.1, 0.15) is 17.2 Å². The van der Waals surface area contributed by atoms with E-state index in [1.165, 1.54) is 0 Å².